The van der Waals surface area contributed by atoms with Crippen molar-refractivity contribution < 1.29 is 19.1 Å². The summed E-state index contributed by atoms with van der Waals surface area (Å²) in [6.07, 6.45) is 4.30. The van der Waals surface area contributed by atoms with Crippen LogP contribution in [0.4, 0.5) is 0 Å². The maximum absolute atomic E-state index is 13.4. The number of carbonyl (C=O) groups excluding carboxylic acids is 3. The Morgan fingerprint density at radius 2 is 1.92 bits per heavy atom. The number of aromatic nitrogens is 3. The predicted octanol–water partition coefficient (Wildman–Crippen LogP) is 1.35. The molecule has 11 heteroatoms. The molecular formula is C26H39N7O4. The van der Waals surface area contributed by atoms with E-state index in [0.717, 1.165) is 19.4 Å². The third-order valence-corrected chi connectivity index (χ3v) is 6.03. The van der Waals surface area contributed by atoms with E-state index in [1.807, 2.05) is 27.9 Å². The van der Waals surface area contributed by atoms with Gasteiger partial charge >= 0.3 is 0 Å². The summed E-state index contributed by atoms with van der Waals surface area (Å²) in [6.45, 7) is 5.84. The highest BCUT2D eigenvalue weighted by molar-refractivity contribution is 5.98. The van der Waals surface area contributed by atoms with Crippen molar-refractivity contribution in [2.45, 2.75) is 64.7 Å². The van der Waals surface area contributed by atoms with Gasteiger partial charge in [-0.05, 0) is 70.4 Å². The molecule has 0 fully saturated rings. The highest BCUT2D eigenvalue weighted by atomic mass is 16.5. The fraction of sp³-hybridized carbons (Fsp3) is 0.577. The first-order valence-corrected chi connectivity index (χ1v) is 12.9. The van der Waals surface area contributed by atoms with Crippen LogP contribution in [0.1, 0.15) is 55.6 Å². The van der Waals surface area contributed by atoms with Gasteiger partial charge in [-0.1, -0.05) is 25.1 Å². The van der Waals surface area contributed by atoms with Crippen molar-refractivity contribution in [2.24, 2.45) is 5.92 Å². The second kappa shape index (κ2) is 13.7. The van der Waals surface area contributed by atoms with Gasteiger partial charge in [0.2, 0.25) is 11.8 Å². The lowest BCUT2D eigenvalue weighted by atomic mass is 10.0. The molecule has 202 valence electrons. The van der Waals surface area contributed by atoms with Crippen LogP contribution in [0.2, 0.25) is 0 Å². The van der Waals surface area contributed by atoms with Crippen LogP contribution in [0.3, 0.4) is 0 Å². The van der Waals surface area contributed by atoms with Gasteiger partial charge in [-0.15, -0.1) is 5.10 Å². The average molecular weight is 514 g/mol. The van der Waals surface area contributed by atoms with Crippen LogP contribution < -0.4 is 20.7 Å². The number of nitrogens with one attached hydrogen (secondary N) is 3. The van der Waals surface area contributed by atoms with Gasteiger partial charge < -0.3 is 25.6 Å². The summed E-state index contributed by atoms with van der Waals surface area (Å²) in [5.41, 5.74) is 1.00. The fourth-order valence-corrected chi connectivity index (χ4v) is 4.08. The minimum Gasteiger partial charge on any atom is -0.492 e. The number of fused-ring (bicyclic) bond motifs is 4. The van der Waals surface area contributed by atoms with Gasteiger partial charge in [-0.3, -0.25) is 14.4 Å². The van der Waals surface area contributed by atoms with Crippen molar-refractivity contribution in [3.8, 4) is 5.75 Å². The largest absolute Gasteiger partial charge is 0.492 e. The number of rotatable bonds is 7. The molecule has 2 aromatic rings. The molecule has 0 saturated carbocycles. The topological polar surface area (TPSA) is 130 Å². The standard InChI is InChI=1S/C26H39N7O4/c1-18(2)14-23-25(35)27-16-20-17-33(31-30-20)12-13-37-21-9-7-8-19(15-21)24(34)28-22(26(36)29-23)10-5-6-11-32(3)4/h7-9,15,17-18,22-23H,5-6,10-14,16H2,1-4H3,(H,27,35)(H,28,34)(H,29,36)/t22-,23+/m0/s1. The smallest absolute Gasteiger partial charge is 0.252 e. The number of unbranched alkanes of at least 4 members (excludes halogenated alkanes) is 1. The molecule has 1 aromatic heterocycles. The molecule has 3 N–H and O–H groups in total. The molecule has 1 aliphatic heterocycles. The van der Waals surface area contributed by atoms with E-state index in [1.54, 1.807) is 35.1 Å². The summed E-state index contributed by atoms with van der Waals surface area (Å²) >= 11 is 0. The van der Waals surface area contributed by atoms with E-state index in [0.29, 0.717) is 43.0 Å². The van der Waals surface area contributed by atoms with Crippen molar-refractivity contribution in [3.05, 3.63) is 41.7 Å². The van der Waals surface area contributed by atoms with Crippen LogP contribution in [-0.4, -0.2) is 76.9 Å². The number of nitrogens with zero attached hydrogens (tertiary/aromatic N) is 4. The van der Waals surface area contributed by atoms with Crippen LogP contribution in [0.15, 0.2) is 30.5 Å². The molecule has 0 saturated heterocycles. The molecule has 2 heterocycles. The minimum atomic E-state index is -0.777. The van der Waals surface area contributed by atoms with Crippen molar-refractivity contribution in [3.63, 3.8) is 0 Å². The zero-order chi connectivity index (χ0) is 26.8. The fourth-order valence-electron chi connectivity index (χ4n) is 4.08. The monoisotopic (exact) mass is 513 g/mol. The van der Waals surface area contributed by atoms with Gasteiger partial charge in [-0.25, -0.2) is 4.68 Å². The molecule has 0 aliphatic carbocycles. The Bertz CT molecular complexity index is 1050. The van der Waals surface area contributed by atoms with Gasteiger partial charge in [0, 0.05) is 5.56 Å². The second-order valence-electron chi connectivity index (χ2n) is 10.1. The van der Waals surface area contributed by atoms with Gasteiger partial charge in [0.1, 0.15) is 30.1 Å². The molecule has 1 aliphatic rings. The number of hydrogen-bond donors (Lipinski definition) is 3. The van der Waals surface area contributed by atoms with Crippen LogP contribution in [0.5, 0.6) is 5.75 Å². The van der Waals surface area contributed by atoms with Crippen molar-refractivity contribution in [1.29, 1.82) is 0 Å². The van der Waals surface area contributed by atoms with Gasteiger partial charge in [-0.2, -0.15) is 0 Å². The number of benzene rings is 1. The molecule has 0 radical (unpaired) electrons. The molecule has 0 unspecified atom stereocenters. The van der Waals surface area contributed by atoms with E-state index in [4.69, 9.17) is 4.74 Å². The quantitative estimate of drug-likeness (QED) is 0.477. The lowest BCUT2D eigenvalue weighted by Crippen LogP contribution is -2.54. The lowest BCUT2D eigenvalue weighted by Gasteiger charge is -2.24. The summed E-state index contributed by atoms with van der Waals surface area (Å²) in [5, 5.41) is 16.8. The Balaban J connectivity index is 1.84. The summed E-state index contributed by atoms with van der Waals surface area (Å²) in [5.74, 6) is -0.328. The number of ether oxygens (including phenoxy) is 1. The van der Waals surface area contributed by atoms with Crippen LogP contribution in [-0.2, 0) is 22.7 Å². The SMILES string of the molecule is CC(C)C[C@H]1NC(=O)[C@H](CCCCN(C)C)NC(=O)c2cccc(c2)OCCn2cc(nn2)CNC1=O. The van der Waals surface area contributed by atoms with Crippen LogP contribution in [0, 0.1) is 5.92 Å². The molecule has 37 heavy (non-hydrogen) atoms. The molecular weight excluding hydrogens is 474 g/mol. The van der Waals surface area contributed by atoms with Gasteiger partial charge in [0.15, 0.2) is 0 Å². The zero-order valence-corrected chi connectivity index (χ0v) is 22.2. The van der Waals surface area contributed by atoms with E-state index >= 15 is 0 Å². The molecule has 2 atom stereocenters. The van der Waals surface area contributed by atoms with Gasteiger partial charge in [0.05, 0.1) is 19.3 Å². The summed E-state index contributed by atoms with van der Waals surface area (Å²) < 4.78 is 7.44. The summed E-state index contributed by atoms with van der Waals surface area (Å²) in [7, 11) is 3.99. The first kappa shape index (κ1) is 28.1. The molecule has 1 aromatic carbocycles. The first-order valence-electron chi connectivity index (χ1n) is 12.9. The highest BCUT2D eigenvalue weighted by Gasteiger charge is 2.27. The maximum atomic E-state index is 13.4. The van der Waals surface area contributed by atoms with E-state index < -0.39 is 12.1 Å². The lowest BCUT2D eigenvalue weighted by molar-refractivity contribution is -0.130. The third kappa shape index (κ3) is 9.16. The minimum absolute atomic E-state index is 0.172. The molecule has 3 rings (SSSR count). The summed E-state index contributed by atoms with van der Waals surface area (Å²) in [4.78, 5) is 41.6. The first-order chi connectivity index (χ1) is 17.7. The Morgan fingerprint density at radius 1 is 1.11 bits per heavy atom. The second-order valence-corrected chi connectivity index (χ2v) is 10.1. The predicted molar refractivity (Wildman–Crippen MR) is 139 cm³/mol. The Kier molecular flexibility index (Phi) is 10.4. The van der Waals surface area contributed by atoms with E-state index in [9.17, 15) is 14.4 Å². The highest BCUT2D eigenvalue weighted by Crippen LogP contribution is 2.15. The van der Waals surface area contributed by atoms with E-state index in [1.165, 1.54) is 0 Å². The van der Waals surface area contributed by atoms with Crippen molar-refractivity contribution in [2.75, 3.05) is 27.2 Å². The van der Waals surface area contributed by atoms with Gasteiger partial charge in [0.25, 0.3) is 5.91 Å². The van der Waals surface area contributed by atoms with Crippen LogP contribution in [0.25, 0.3) is 0 Å². The average Bonchev–Trinajstić information content (AvgIpc) is 3.30. The van der Waals surface area contributed by atoms with Crippen molar-refractivity contribution in [1.82, 2.24) is 35.8 Å². The summed E-state index contributed by atoms with van der Waals surface area (Å²) in [6, 6.07) is 5.34. The molecule has 3 amide bonds. The number of hydrogen-bond acceptors (Lipinski definition) is 7. The normalized spacial score (nSPS) is 19.5. The molecule has 4 bridgehead atoms. The van der Waals surface area contributed by atoms with E-state index in [-0.39, 0.29) is 30.2 Å². The Morgan fingerprint density at radius 3 is 2.68 bits per heavy atom. The number of carbonyl (C=O) groups is 3. The van der Waals surface area contributed by atoms with E-state index in [2.05, 4.69) is 31.2 Å². The Labute approximate surface area is 218 Å². The van der Waals surface area contributed by atoms with Crippen molar-refractivity contribution >= 4 is 17.7 Å². The number of amides is 3. The van der Waals surface area contributed by atoms with Crippen LogP contribution >= 0.6 is 0 Å². The maximum Gasteiger partial charge on any atom is 0.252 e. The Hall–Kier alpha value is -3.47. The zero-order valence-electron chi connectivity index (χ0n) is 22.2. The molecule has 11 nitrogen and oxygen atoms in total. The molecule has 0 spiro atoms. The third-order valence-electron chi connectivity index (χ3n) is 6.03.